The predicted molar refractivity (Wildman–Crippen MR) is 76.0 cm³/mol. The maximum absolute atomic E-state index is 2.51. The highest BCUT2D eigenvalue weighted by Gasteiger charge is 2.33. The summed E-state index contributed by atoms with van der Waals surface area (Å²) in [5.41, 5.74) is 0. The van der Waals surface area contributed by atoms with Crippen LogP contribution in [-0.2, 0) is 0 Å². The molecule has 0 saturated heterocycles. The molecule has 0 amide bonds. The molecule has 0 aromatic carbocycles. The van der Waals surface area contributed by atoms with Gasteiger partial charge in [0.25, 0.3) is 0 Å². The largest absolute Gasteiger partial charge is 0.0882 e. The van der Waals surface area contributed by atoms with E-state index in [-0.39, 0.29) is 0 Å². The van der Waals surface area contributed by atoms with Gasteiger partial charge in [-0.2, -0.15) is 0 Å². The Hall–Kier alpha value is -0.520. The smallest absolute Gasteiger partial charge is 0.0165 e. The monoisotopic (exact) mass is 232 g/mol. The van der Waals surface area contributed by atoms with Gasteiger partial charge in [-0.25, -0.2) is 0 Å². The van der Waals surface area contributed by atoms with Crippen molar-refractivity contribution in [3.63, 3.8) is 0 Å². The Morgan fingerprint density at radius 1 is 1.00 bits per heavy atom. The molecule has 0 aliphatic heterocycles. The van der Waals surface area contributed by atoms with Crippen LogP contribution in [0.15, 0.2) is 24.3 Å². The van der Waals surface area contributed by atoms with Crippen LogP contribution in [0.1, 0.15) is 64.7 Å². The normalized spacial score (nSPS) is 30.8. The Bertz CT molecular complexity index is 261. The van der Waals surface area contributed by atoms with Gasteiger partial charge in [0.2, 0.25) is 0 Å². The fourth-order valence-electron chi connectivity index (χ4n) is 3.36. The minimum atomic E-state index is 0.880. The standard InChI is InChI=1S/C17H28/c1-2-3-4-5-6-7-8-9-10-16-13-15-11-12-17(16)14-15/h9-12,15-17H,2-8,13-14H2,1H3. The average Bonchev–Trinajstić information content (AvgIpc) is 2.94. The molecule has 1 saturated carbocycles. The van der Waals surface area contributed by atoms with Crippen molar-refractivity contribution >= 4 is 0 Å². The lowest BCUT2D eigenvalue weighted by Crippen LogP contribution is -2.02. The third-order valence-electron chi connectivity index (χ3n) is 4.44. The van der Waals surface area contributed by atoms with E-state index in [0.717, 1.165) is 17.8 Å². The molecule has 0 heteroatoms. The van der Waals surface area contributed by atoms with Gasteiger partial charge in [0.05, 0.1) is 0 Å². The number of unbranched alkanes of at least 4 members (excludes halogenated alkanes) is 6. The summed E-state index contributed by atoms with van der Waals surface area (Å²) in [6.07, 6.45) is 22.5. The van der Waals surface area contributed by atoms with Crippen LogP contribution in [0.5, 0.6) is 0 Å². The molecule has 2 bridgehead atoms. The molecule has 3 atom stereocenters. The van der Waals surface area contributed by atoms with Gasteiger partial charge in [-0.05, 0) is 43.4 Å². The van der Waals surface area contributed by atoms with Gasteiger partial charge in [0.1, 0.15) is 0 Å². The van der Waals surface area contributed by atoms with Crippen LogP contribution in [0.25, 0.3) is 0 Å². The van der Waals surface area contributed by atoms with Crippen molar-refractivity contribution in [2.45, 2.75) is 64.7 Å². The van der Waals surface area contributed by atoms with Crippen LogP contribution >= 0.6 is 0 Å². The first-order valence-electron chi connectivity index (χ1n) is 7.75. The van der Waals surface area contributed by atoms with Crippen molar-refractivity contribution in [1.82, 2.24) is 0 Å². The van der Waals surface area contributed by atoms with Crippen LogP contribution in [0.4, 0.5) is 0 Å². The van der Waals surface area contributed by atoms with Crippen LogP contribution < -0.4 is 0 Å². The van der Waals surface area contributed by atoms with E-state index in [4.69, 9.17) is 0 Å². The SMILES string of the molecule is CCCCCCCCC=CC1CC2C=CC1C2. The summed E-state index contributed by atoms with van der Waals surface area (Å²) < 4.78 is 0. The first-order chi connectivity index (χ1) is 8.40. The summed E-state index contributed by atoms with van der Waals surface area (Å²) in [7, 11) is 0. The summed E-state index contributed by atoms with van der Waals surface area (Å²) in [4.78, 5) is 0. The zero-order valence-electron chi connectivity index (χ0n) is 11.4. The highest BCUT2D eigenvalue weighted by atomic mass is 14.4. The van der Waals surface area contributed by atoms with Gasteiger partial charge in [-0.15, -0.1) is 0 Å². The molecule has 0 N–H and O–H groups in total. The molecule has 17 heavy (non-hydrogen) atoms. The second-order valence-electron chi connectivity index (χ2n) is 5.93. The van der Waals surface area contributed by atoms with Crippen molar-refractivity contribution in [2.24, 2.45) is 17.8 Å². The van der Waals surface area contributed by atoms with Crippen molar-refractivity contribution < 1.29 is 0 Å². The van der Waals surface area contributed by atoms with E-state index < -0.39 is 0 Å². The molecule has 96 valence electrons. The summed E-state index contributed by atoms with van der Waals surface area (Å²) >= 11 is 0. The second kappa shape index (κ2) is 7.03. The van der Waals surface area contributed by atoms with Crippen LogP contribution in [-0.4, -0.2) is 0 Å². The maximum Gasteiger partial charge on any atom is -0.0165 e. The Labute approximate surface area is 107 Å². The molecule has 0 aromatic rings. The number of hydrogen-bond donors (Lipinski definition) is 0. The minimum Gasteiger partial charge on any atom is -0.0882 e. The highest BCUT2D eigenvalue weighted by molar-refractivity contribution is 5.14. The minimum absolute atomic E-state index is 0.880. The number of fused-ring (bicyclic) bond motifs is 2. The van der Waals surface area contributed by atoms with E-state index in [1.807, 2.05) is 0 Å². The van der Waals surface area contributed by atoms with Crippen LogP contribution in [0.2, 0.25) is 0 Å². The Morgan fingerprint density at radius 2 is 1.82 bits per heavy atom. The van der Waals surface area contributed by atoms with E-state index in [1.165, 1.54) is 57.8 Å². The fourth-order valence-corrected chi connectivity index (χ4v) is 3.36. The predicted octanol–water partition coefficient (Wildman–Crippen LogP) is 5.51. The molecule has 2 aliphatic rings. The maximum atomic E-state index is 2.51. The fraction of sp³-hybridized carbons (Fsp3) is 0.765. The molecular weight excluding hydrogens is 204 g/mol. The van der Waals surface area contributed by atoms with Gasteiger partial charge in [0, 0.05) is 0 Å². The summed E-state index contributed by atoms with van der Waals surface area (Å²) in [6, 6.07) is 0. The van der Waals surface area contributed by atoms with Gasteiger partial charge < -0.3 is 0 Å². The van der Waals surface area contributed by atoms with E-state index in [1.54, 1.807) is 0 Å². The lowest BCUT2D eigenvalue weighted by Gasteiger charge is -2.12. The zero-order valence-corrected chi connectivity index (χ0v) is 11.4. The lowest BCUT2D eigenvalue weighted by atomic mass is 9.93. The average molecular weight is 232 g/mol. The van der Waals surface area contributed by atoms with Crippen molar-refractivity contribution in [3.8, 4) is 0 Å². The highest BCUT2D eigenvalue weighted by Crippen LogP contribution is 2.43. The molecule has 1 fully saturated rings. The lowest BCUT2D eigenvalue weighted by molar-refractivity contribution is 0.547. The Kier molecular flexibility index (Phi) is 5.35. The third-order valence-corrected chi connectivity index (χ3v) is 4.44. The van der Waals surface area contributed by atoms with Gasteiger partial charge >= 0.3 is 0 Å². The summed E-state index contributed by atoms with van der Waals surface area (Å²) in [5, 5.41) is 0. The number of rotatable bonds is 8. The van der Waals surface area contributed by atoms with Crippen molar-refractivity contribution in [3.05, 3.63) is 24.3 Å². The quantitative estimate of drug-likeness (QED) is 0.382. The summed E-state index contributed by atoms with van der Waals surface area (Å²) in [6.45, 7) is 2.28. The zero-order chi connectivity index (χ0) is 11.9. The first-order valence-corrected chi connectivity index (χ1v) is 7.75. The molecule has 0 heterocycles. The van der Waals surface area contributed by atoms with E-state index >= 15 is 0 Å². The van der Waals surface area contributed by atoms with Crippen molar-refractivity contribution in [1.29, 1.82) is 0 Å². The van der Waals surface area contributed by atoms with Crippen LogP contribution in [0.3, 0.4) is 0 Å². The van der Waals surface area contributed by atoms with Gasteiger partial charge in [-0.1, -0.05) is 63.3 Å². The Morgan fingerprint density at radius 3 is 2.53 bits per heavy atom. The van der Waals surface area contributed by atoms with E-state index in [2.05, 4.69) is 31.2 Å². The first kappa shape index (κ1) is 12.9. The molecule has 2 aliphatic carbocycles. The van der Waals surface area contributed by atoms with E-state index in [0.29, 0.717) is 0 Å². The molecular formula is C17H28. The topological polar surface area (TPSA) is 0 Å². The van der Waals surface area contributed by atoms with Crippen molar-refractivity contribution in [2.75, 3.05) is 0 Å². The number of allylic oxidation sites excluding steroid dienone is 4. The third kappa shape index (κ3) is 4.01. The molecule has 0 nitrogen and oxygen atoms in total. The molecule has 3 unspecified atom stereocenters. The molecule has 0 radical (unpaired) electrons. The van der Waals surface area contributed by atoms with Gasteiger partial charge in [0.15, 0.2) is 0 Å². The molecule has 0 spiro atoms. The van der Waals surface area contributed by atoms with Gasteiger partial charge in [-0.3, -0.25) is 0 Å². The molecule has 2 rings (SSSR count). The second-order valence-corrected chi connectivity index (χ2v) is 5.93. The molecule has 0 aromatic heterocycles. The van der Waals surface area contributed by atoms with Crippen LogP contribution in [0, 0.1) is 17.8 Å². The Balaban J connectivity index is 1.49. The van der Waals surface area contributed by atoms with E-state index in [9.17, 15) is 0 Å². The number of hydrogen-bond acceptors (Lipinski definition) is 0. The summed E-state index contributed by atoms with van der Waals surface area (Å²) in [5.74, 6) is 2.69.